The molecular weight excluding hydrogens is 432 g/mol. The number of carbonyl (C=O) groups is 1. The molecule has 6 rings (SSSR count). The molecule has 0 saturated carbocycles. The lowest BCUT2D eigenvalue weighted by molar-refractivity contribution is -0.120. The average molecular weight is 461 g/mol. The van der Waals surface area contributed by atoms with E-state index in [0.717, 1.165) is 55.1 Å². The van der Waals surface area contributed by atoms with Crippen molar-refractivity contribution in [2.45, 2.75) is 26.2 Å². The summed E-state index contributed by atoms with van der Waals surface area (Å²) in [6.07, 6.45) is 2.55. The van der Waals surface area contributed by atoms with Crippen molar-refractivity contribution < 1.29 is 4.79 Å². The van der Waals surface area contributed by atoms with Crippen LogP contribution in [0.15, 0.2) is 78.9 Å². The first-order valence-electron chi connectivity index (χ1n) is 12.3. The van der Waals surface area contributed by atoms with Gasteiger partial charge in [-0.2, -0.15) is 0 Å². The summed E-state index contributed by atoms with van der Waals surface area (Å²) in [5.41, 5.74) is 9.30. The van der Waals surface area contributed by atoms with Crippen LogP contribution in [0.1, 0.15) is 29.5 Å². The van der Waals surface area contributed by atoms with Crippen LogP contribution in [0.4, 0.5) is 11.5 Å². The molecule has 2 aliphatic rings. The molecule has 1 saturated heterocycles. The lowest BCUT2D eigenvalue weighted by Gasteiger charge is -2.31. The molecule has 5 heteroatoms. The third-order valence-corrected chi connectivity index (χ3v) is 7.32. The zero-order valence-corrected chi connectivity index (χ0v) is 19.9. The summed E-state index contributed by atoms with van der Waals surface area (Å²) in [5.74, 6) is 0.997. The third kappa shape index (κ3) is 4.18. The summed E-state index contributed by atoms with van der Waals surface area (Å²) < 4.78 is 0. The monoisotopic (exact) mass is 460 g/mol. The molecular formula is C30H28N4O. The fraction of sp³-hybridized carbons (Fsp3) is 0.233. The number of aryl methyl sites for hydroxylation is 1. The number of carbonyl (C=O) groups excluding carboxylic acids is 1. The third-order valence-electron chi connectivity index (χ3n) is 7.32. The molecule has 3 aromatic carbocycles. The first kappa shape index (κ1) is 21.5. The van der Waals surface area contributed by atoms with Gasteiger partial charge in [-0.15, -0.1) is 10.2 Å². The van der Waals surface area contributed by atoms with Crippen LogP contribution in [-0.2, 0) is 11.2 Å². The van der Waals surface area contributed by atoms with E-state index >= 15 is 0 Å². The highest BCUT2D eigenvalue weighted by molar-refractivity contribution is 5.93. The van der Waals surface area contributed by atoms with Gasteiger partial charge in [0.15, 0.2) is 5.82 Å². The summed E-state index contributed by atoms with van der Waals surface area (Å²) in [5, 5.41) is 12.1. The Bertz CT molecular complexity index is 1390. The van der Waals surface area contributed by atoms with Gasteiger partial charge in [-0.25, -0.2) is 0 Å². The van der Waals surface area contributed by atoms with E-state index in [0.29, 0.717) is 0 Å². The highest BCUT2D eigenvalue weighted by Gasteiger charge is 2.26. The molecule has 1 fully saturated rings. The van der Waals surface area contributed by atoms with Crippen molar-refractivity contribution in [3.63, 3.8) is 0 Å². The van der Waals surface area contributed by atoms with Gasteiger partial charge < -0.3 is 10.2 Å². The fourth-order valence-corrected chi connectivity index (χ4v) is 5.34. The zero-order chi connectivity index (χ0) is 23.8. The van der Waals surface area contributed by atoms with Crippen molar-refractivity contribution in [1.82, 2.24) is 10.2 Å². The largest absolute Gasteiger partial charge is 0.355 e. The summed E-state index contributed by atoms with van der Waals surface area (Å²) in [7, 11) is 0. The Balaban J connectivity index is 1.07. The van der Waals surface area contributed by atoms with Crippen LogP contribution in [0.2, 0.25) is 0 Å². The Morgan fingerprint density at radius 1 is 0.829 bits per heavy atom. The van der Waals surface area contributed by atoms with Crippen molar-refractivity contribution in [3.8, 4) is 22.4 Å². The lowest BCUT2D eigenvalue weighted by Crippen LogP contribution is -2.38. The number of amides is 1. The molecule has 0 atom stereocenters. The standard InChI is InChI=1S/C30H28N4O/c1-20-6-2-4-8-25(20)28-12-13-29(33-32-28)34-16-14-21(15-17-34)30(35)31-24-10-11-27-23(19-24)18-22-7-3-5-9-26(22)27/h2-13,19,21H,14-18H2,1H3,(H,31,35). The molecule has 0 radical (unpaired) electrons. The minimum atomic E-state index is 0.0101. The number of benzene rings is 3. The van der Waals surface area contributed by atoms with Crippen molar-refractivity contribution in [2.75, 3.05) is 23.3 Å². The molecule has 0 bridgehead atoms. The van der Waals surface area contributed by atoms with Crippen molar-refractivity contribution in [2.24, 2.45) is 5.92 Å². The molecule has 2 heterocycles. The highest BCUT2D eigenvalue weighted by atomic mass is 16.1. The van der Waals surface area contributed by atoms with E-state index in [-0.39, 0.29) is 11.8 Å². The molecule has 1 N–H and O–H groups in total. The first-order valence-corrected chi connectivity index (χ1v) is 12.3. The normalized spacial score (nSPS) is 14.9. The smallest absolute Gasteiger partial charge is 0.227 e. The van der Waals surface area contributed by atoms with E-state index in [1.165, 1.54) is 27.8 Å². The maximum Gasteiger partial charge on any atom is 0.227 e. The lowest BCUT2D eigenvalue weighted by atomic mass is 9.95. The summed E-state index contributed by atoms with van der Waals surface area (Å²) in [6, 6.07) is 27.1. The molecule has 1 amide bonds. The molecule has 5 nitrogen and oxygen atoms in total. The van der Waals surface area contributed by atoms with Crippen LogP contribution in [0, 0.1) is 12.8 Å². The maximum absolute atomic E-state index is 13.0. The van der Waals surface area contributed by atoms with E-state index in [2.05, 4.69) is 75.9 Å². The van der Waals surface area contributed by atoms with Gasteiger partial charge in [0.1, 0.15) is 0 Å². The Hall–Kier alpha value is -3.99. The van der Waals surface area contributed by atoms with E-state index in [9.17, 15) is 4.79 Å². The molecule has 1 aliphatic heterocycles. The quantitative estimate of drug-likeness (QED) is 0.364. The SMILES string of the molecule is Cc1ccccc1-c1ccc(N2CCC(C(=O)Nc3ccc4c(c3)Cc3ccccc3-4)CC2)nn1. The van der Waals surface area contributed by atoms with Gasteiger partial charge in [0.25, 0.3) is 0 Å². The number of rotatable bonds is 4. The Labute approximate surface area is 205 Å². The van der Waals surface area contributed by atoms with Crippen LogP contribution < -0.4 is 10.2 Å². The number of fused-ring (bicyclic) bond motifs is 3. The Kier molecular flexibility index (Phi) is 5.53. The first-order chi connectivity index (χ1) is 17.2. The van der Waals surface area contributed by atoms with Gasteiger partial charge in [0, 0.05) is 30.3 Å². The number of piperidine rings is 1. The van der Waals surface area contributed by atoms with Gasteiger partial charge in [-0.3, -0.25) is 4.79 Å². The number of anilines is 2. The summed E-state index contributed by atoms with van der Waals surface area (Å²) in [4.78, 5) is 15.2. The predicted molar refractivity (Wildman–Crippen MR) is 140 cm³/mol. The molecule has 1 aliphatic carbocycles. The predicted octanol–water partition coefficient (Wildman–Crippen LogP) is 5.88. The van der Waals surface area contributed by atoms with Crippen LogP contribution in [0.3, 0.4) is 0 Å². The van der Waals surface area contributed by atoms with Crippen molar-refractivity contribution >= 4 is 17.4 Å². The van der Waals surface area contributed by atoms with Gasteiger partial charge in [0.05, 0.1) is 5.69 Å². The van der Waals surface area contributed by atoms with Crippen LogP contribution in [0.5, 0.6) is 0 Å². The number of hydrogen-bond acceptors (Lipinski definition) is 4. The summed E-state index contributed by atoms with van der Waals surface area (Å²) in [6.45, 7) is 3.69. The molecule has 0 spiro atoms. The van der Waals surface area contributed by atoms with E-state index in [1.807, 2.05) is 30.3 Å². The van der Waals surface area contributed by atoms with Gasteiger partial charge in [0.2, 0.25) is 5.91 Å². The second kappa shape index (κ2) is 8.99. The fourth-order valence-electron chi connectivity index (χ4n) is 5.34. The maximum atomic E-state index is 13.0. The average Bonchev–Trinajstić information content (AvgIpc) is 3.27. The number of nitrogens with zero attached hydrogens (tertiary/aromatic N) is 3. The van der Waals surface area contributed by atoms with Crippen molar-refractivity contribution in [3.05, 3.63) is 95.6 Å². The zero-order valence-electron chi connectivity index (χ0n) is 19.9. The second-order valence-electron chi connectivity index (χ2n) is 9.55. The minimum Gasteiger partial charge on any atom is -0.355 e. The topological polar surface area (TPSA) is 58.1 Å². The van der Waals surface area contributed by atoms with Crippen LogP contribution in [0.25, 0.3) is 22.4 Å². The number of aromatic nitrogens is 2. The van der Waals surface area contributed by atoms with E-state index in [1.54, 1.807) is 0 Å². The van der Waals surface area contributed by atoms with E-state index in [4.69, 9.17) is 0 Å². The van der Waals surface area contributed by atoms with Gasteiger partial charge >= 0.3 is 0 Å². The Morgan fingerprint density at radius 2 is 1.57 bits per heavy atom. The van der Waals surface area contributed by atoms with E-state index < -0.39 is 0 Å². The van der Waals surface area contributed by atoms with Crippen molar-refractivity contribution in [1.29, 1.82) is 0 Å². The van der Waals surface area contributed by atoms with Gasteiger partial charge in [-0.05, 0) is 78.3 Å². The summed E-state index contributed by atoms with van der Waals surface area (Å²) >= 11 is 0. The number of hydrogen-bond donors (Lipinski definition) is 1. The molecule has 174 valence electrons. The molecule has 0 unspecified atom stereocenters. The number of nitrogens with one attached hydrogen (secondary N) is 1. The minimum absolute atomic E-state index is 0.0101. The molecule has 4 aromatic rings. The molecule has 1 aromatic heterocycles. The van der Waals surface area contributed by atoms with Gasteiger partial charge in [-0.1, -0.05) is 54.6 Å². The Morgan fingerprint density at radius 3 is 2.34 bits per heavy atom. The second-order valence-corrected chi connectivity index (χ2v) is 9.55. The highest BCUT2D eigenvalue weighted by Crippen LogP contribution is 2.37. The molecule has 35 heavy (non-hydrogen) atoms. The van der Waals surface area contributed by atoms with Crippen LogP contribution in [-0.4, -0.2) is 29.2 Å². The van der Waals surface area contributed by atoms with Crippen LogP contribution >= 0.6 is 0 Å².